The summed E-state index contributed by atoms with van der Waals surface area (Å²) in [5.74, 6) is -0.719. The lowest BCUT2D eigenvalue weighted by molar-refractivity contribution is 0.0963. The van der Waals surface area contributed by atoms with Gasteiger partial charge in [-0.2, -0.15) is 0 Å². The van der Waals surface area contributed by atoms with Gasteiger partial charge in [-0.25, -0.2) is 12.8 Å². The van der Waals surface area contributed by atoms with Gasteiger partial charge >= 0.3 is 0 Å². The fourth-order valence-corrected chi connectivity index (χ4v) is 3.97. The van der Waals surface area contributed by atoms with Gasteiger partial charge in [0.25, 0.3) is 5.91 Å². The van der Waals surface area contributed by atoms with Crippen molar-refractivity contribution in [2.75, 3.05) is 32.4 Å². The summed E-state index contributed by atoms with van der Waals surface area (Å²) in [4.78, 5) is 15.7. The van der Waals surface area contributed by atoms with E-state index in [-0.39, 0.29) is 23.1 Å². The van der Waals surface area contributed by atoms with Crippen molar-refractivity contribution in [2.24, 2.45) is 4.99 Å². The second kappa shape index (κ2) is 11.3. The van der Waals surface area contributed by atoms with Gasteiger partial charge in [-0.15, -0.1) is 0 Å². The number of carbonyl (C=O) groups excluding carboxylic acids is 1. The highest BCUT2D eigenvalue weighted by Crippen LogP contribution is 2.15. The van der Waals surface area contributed by atoms with Crippen LogP contribution < -0.4 is 16.0 Å². The average molecular weight is 435 g/mol. The van der Waals surface area contributed by atoms with Crippen molar-refractivity contribution in [3.05, 3.63) is 65.5 Å². The summed E-state index contributed by atoms with van der Waals surface area (Å²) in [6, 6.07) is 12.6. The first kappa shape index (κ1) is 23.3. The summed E-state index contributed by atoms with van der Waals surface area (Å²) in [6.07, 6.45) is 0.656. The van der Waals surface area contributed by atoms with Crippen LogP contribution in [0.5, 0.6) is 0 Å². The van der Waals surface area contributed by atoms with E-state index < -0.39 is 15.7 Å². The second-order valence-electron chi connectivity index (χ2n) is 6.47. The number of nitrogens with zero attached hydrogens (tertiary/aromatic N) is 1. The fraction of sp³-hybridized carbons (Fsp3) is 0.333. The van der Waals surface area contributed by atoms with Gasteiger partial charge in [0, 0.05) is 25.7 Å². The van der Waals surface area contributed by atoms with E-state index in [1.807, 2.05) is 25.1 Å². The number of aliphatic imine (C=N–C) groups is 1. The maximum Gasteiger partial charge on any atom is 0.251 e. The van der Waals surface area contributed by atoms with E-state index >= 15 is 0 Å². The monoisotopic (exact) mass is 434 g/mol. The molecule has 3 N–H and O–H groups in total. The summed E-state index contributed by atoms with van der Waals surface area (Å²) < 4.78 is 38.4. The maximum atomic E-state index is 13.8. The molecule has 162 valence electrons. The SMILES string of the molecule is CCNC(=NCCS(=O)(=O)c1ccccc1F)NCCc1cccc(C(=O)NC)c1. The van der Waals surface area contributed by atoms with Crippen molar-refractivity contribution in [3.8, 4) is 0 Å². The number of nitrogens with one attached hydrogen (secondary N) is 3. The summed E-state index contributed by atoms with van der Waals surface area (Å²) in [5.41, 5.74) is 1.58. The van der Waals surface area contributed by atoms with Crippen LogP contribution in [0, 0.1) is 5.82 Å². The van der Waals surface area contributed by atoms with Crippen molar-refractivity contribution < 1.29 is 17.6 Å². The molecule has 1 amide bonds. The quantitative estimate of drug-likeness (QED) is 0.413. The zero-order valence-electron chi connectivity index (χ0n) is 17.1. The van der Waals surface area contributed by atoms with Gasteiger partial charge in [0.1, 0.15) is 10.7 Å². The first-order valence-corrected chi connectivity index (χ1v) is 11.3. The van der Waals surface area contributed by atoms with Crippen molar-refractivity contribution in [3.63, 3.8) is 0 Å². The highest BCUT2D eigenvalue weighted by atomic mass is 32.2. The van der Waals surface area contributed by atoms with E-state index in [1.54, 1.807) is 13.1 Å². The van der Waals surface area contributed by atoms with Crippen molar-refractivity contribution >= 4 is 21.7 Å². The third-order valence-corrected chi connectivity index (χ3v) is 5.99. The molecule has 0 heterocycles. The molecule has 7 nitrogen and oxygen atoms in total. The largest absolute Gasteiger partial charge is 0.357 e. The summed E-state index contributed by atoms with van der Waals surface area (Å²) in [7, 11) is -2.17. The fourth-order valence-electron chi connectivity index (χ4n) is 2.76. The molecule has 0 aliphatic heterocycles. The van der Waals surface area contributed by atoms with Gasteiger partial charge in [-0.05, 0) is 43.2 Å². The number of carbonyl (C=O) groups is 1. The molecule has 2 rings (SSSR count). The Morgan fingerprint density at radius 3 is 2.57 bits per heavy atom. The summed E-state index contributed by atoms with van der Waals surface area (Å²) >= 11 is 0. The summed E-state index contributed by atoms with van der Waals surface area (Å²) in [6.45, 7) is 3.05. The lowest BCUT2D eigenvalue weighted by Crippen LogP contribution is -2.38. The van der Waals surface area contributed by atoms with Gasteiger partial charge < -0.3 is 16.0 Å². The molecule has 0 aromatic heterocycles. The van der Waals surface area contributed by atoms with E-state index in [2.05, 4.69) is 20.9 Å². The van der Waals surface area contributed by atoms with Crippen molar-refractivity contribution in [2.45, 2.75) is 18.2 Å². The molecular formula is C21H27FN4O3S. The molecular weight excluding hydrogens is 407 g/mol. The van der Waals surface area contributed by atoms with Crippen molar-refractivity contribution in [1.82, 2.24) is 16.0 Å². The van der Waals surface area contributed by atoms with Gasteiger partial charge in [0.05, 0.1) is 12.3 Å². The maximum absolute atomic E-state index is 13.8. The Morgan fingerprint density at radius 2 is 1.87 bits per heavy atom. The number of sulfone groups is 1. The Labute approximate surface area is 176 Å². The predicted molar refractivity (Wildman–Crippen MR) is 116 cm³/mol. The van der Waals surface area contributed by atoms with E-state index in [9.17, 15) is 17.6 Å². The molecule has 0 atom stereocenters. The molecule has 0 unspecified atom stereocenters. The number of hydrogen-bond donors (Lipinski definition) is 3. The highest BCUT2D eigenvalue weighted by Gasteiger charge is 2.18. The van der Waals surface area contributed by atoms with Crippen LogP contribution in [0.2, 0.25) is 0 Å². The normalized spacial score (nSPS) is 11.8. The number of amides is 1. The lowest BCUT2D eigenvalue weighted by atomic mass is 10.1. The Bertz CT molecular complexity index is 993. The van der Waals surface area contributed by atoms with Crippen molar-refractivity contribution in [1.29, 1.82) is 0 Å². The number of guanidine groups is 1. The molecule has 0 fully saturated rings. The molecule has 0 bridgehead atoms. The second-order valence-corrected chi connectivity index (χ2v) is 8.54. The molecule has 0 aliphatic rings. The molecule has 9 heteroatoms. The smallest absolute Gasteiger partial charge is 0.251 e. The zero-order valence-corrected chi connectivity index (χ0v) is 17.9. The Morgan fingerprint density at radius 1 is 1.10 bits per heavy atom. The minimum absolute atomic E-state index is 0.00183. The zero-order chi connectivity index (χ0) is 22.0. The van der Waals surface area contributed by atoms with E-state index in [1.165, 1.54) is 18.2 Å². The van der Waals surface area contributed by atoms with E-state index in [0.717, 1.165) is 11.6 Å². The number of rotatable bonds is 9. The molecule has 0 spiro atoms. The van der Waals surface area contributed by atoms with Crippen LogP contribution >= 0.6 is 0 Å². The number of hydrogen-bond acceptors (Lipinski definition) is 4. The Hall–Kier alpha value is -2.94. The molecule has 30 heavy (non-hydrogen) atoms. The Kier molecular flexibility index (Phi) is 8.79. The molecule has 2 aromatic carbocycles. The lowest BCUT2D eigenvalue weighted by Gasteiger charge is -2.12. The molecule has 0 saturated carbocycles. The van der Waals surface area contributed by atoms with Gasteiger partial charge in [0.15, 0.2) is 15.8 Å². The van der Waals surface area contributed by atoms with E-state index in [0.29, 0.717) is 31.0 Å². The third kappa shape index (κ3) is 6.84. The van der Waals surface area contributed by atoms with E-state index in [4.69, 9.17) is 0 Å². The third-order valence-electron chi connectivity index (χ3n) is 4.27. The molecule has 0 radical (unpaired) electrons. The van der Waals surface area contributed by atoms with Crippen LogP contribution in [0.4, 0.5) is 4.39 Å². The first-order valence-electron chi connectivity index (χ1n) is 9.68. The average Bonchev–Trinajstić information content (AvgIpc) is 2.73. The predicted octanol–water partition coefficient (Wildman–Crippen LogP) is 1.76. The van der Waals surface area contributed by atoms with Crippen LogP contribution in [0.3, 0.4) is 0 Å². The topological polar surface area (TPSA) is 99.7 Å². The number of benzene rings is 2. The van der Waals surface area contributed by atoms with Crippen LogP contribution in [0.15, 0.2) is 58.4 Å². The minimum Gasteiger partial charge on any atom is -0.357 e. The van der Waals surface area contributed by atoms with Crippen LogP contribution in [-0.4, -0.2) is 52.7 Å². The van der Waals surface area contributed by atoms with Gasteiger partial charge in [-0.3, -0.25) is 9.79 Å². The molecule has 0 saturated heterocycles. The molecule has 2 aromatic rings. The standard InChI is InChI=1S/C21H27FN4O3S/c1-3-24-21(25-12-11-16-7-6-8-17(15-16)20(27)23-2)26-13-14-30(28,29)19-10-5-4-9-18(19)22/h4-10,15H,3,11-14H2,1-2H3,(H,23,27)(H2,24,25,26). The molecule has 0 aliphatic carbocycles. The van der Waals surface area contributed by atoms with Crippen LogP contribution in [-0.2, 0) is 16.3 Å². The Balaban J connectivity index is 1.93. The van der Waals surface area contributed by atoms with Gasteiger partial charge in [0.2, 0.25) is 0 Å². The minimum atomic E-state index is -3.76. The number of halogens is 1. The van der Waals surface area contributed by atoms with Gasteiger partial charge in [-0.1, -0.05) is 24.3 Å². The van der Waals surface area contributed by atoms with Crippen LogP contribution in [0.1, 0.15) is 22.8 Å². The highest BCUT2D eigenvalue weighted by molar-refractivity contribution is 7.91. The first-order chi connectivity index (χ1) is 14.4. The van der Waals surface area contributed by atoms with Crippen LogP contribution in [0.25, 0.3) is 0 Å². The summed E-state index contributed by atoms with van der Waals surface area (Å²) in [5, 5.41) is 8.78.